The minimum Gasteiger partial charge on any atom is -0.454 e. The van der Waals surface area contributed by atoms with Crippen LogP contribution in [-0.2, 0) is 23.8 Å². The Bertz CT molecular complexity index is 1620. The molecule has 0 bridgehead atoms. The molecule has 8 unspecified atom stereocenters. The smallest absolute Gasteiger partial charge is 0.306 e. The molecule has 1 fully saturated rings. The van der Waals surface area contributed by atoms with Crippen LogP contribution >= 0.6 is 0 Å². The first-order valence-corrected chi connectivity index (χ1v) is 31.1. The number of allylic oxidation sites excluding steroid dienone is 15. The van der Waals surface area contributed by atoms with E-state index in [9.17, 15) is 35.1 Å². The van der Waals surface area contributed by atoms with Crippen molar-refractivity contribution in [3.8, 4) is 0 Å². The predicted octanol–water partition coefficient (Wildman–Crippen LogP) is 14.7. The van der Waals surface area contributed by atoms with Crippen LogP contribution in [0, 0.1) is 0 Å². The van der Waals surface area contributed by atoms with Crippen molar-refractivity contribution >= 4 is 11.9 Å². The number of unbranched alkanes of at least 4 members (excludes halogenated alkanes) is 26. The third-order valence-corrected chi connectivity index (χ3v) is 14.1. The quantitative estimate of drug-likeness (QED) is 0.0149. The summed E-state index contributed by atoms with van der Waals surface area (Å²) in [5.74, 6) is -1.23. The van der Waals surface area contributed by atoms with Gasteiger partial charge in [0, 0.05) is 6.42 Å². The summed E-state index contributed by atoms with van der Waals surface area (Å²) in [6.07, 6.45) is 60.1. The molecule has 1 saturated heterocycles. The molecular weight excluding hydrogens is 967 g/mol. The highest BCUT2D eigenvalue weighted by atomic mass is 16.7. The maximum absolute atomic E-state index is 13.4. The second kappa shape index (κ2) is 53.2. The number of rotatable bonds is 51. The van der Waals surface area contributed by atoms with Crippen molar-refractivity contribution in [3.05, 3.63) is 97.2 Å². The van der Waals surface area contributed by atoms with Crippen LogP contribution in [-0.4, -0.2) is 99.6 Å². The Balaban J connectivity index is 2.71. The Morgan fingerprint density at radius 2 is 0.987 bits per heavy atom. The van der Waals surface area contributed by atoms with E-state index in [0.29, 0.717) is 12.8 Å². The largest absolute Gasteiger partial charge is 0.454 e. The number of hydrogen-bond donors (Lipinski definition) is 6. The van der Waals surface area contributed by atoms with Crippen LogP contribution in [0.25, 0.3) is 0 Å². The molecule has 11 heteroatoms. The second-order valence-electron chi connectivity index (χ2n) is 21.1. The van der Waals surface area contributed by atoms with Crippen molar-refractivity contribution in [1.82, 2.24) is 5.32 Å². The monoisotopic (exact) mass is 1080 g/mol. The van der Waals surface area contributed by atoms with Crippen molar-refractivity contribution in [2.45, 2.75) is 294 Å². The minimum atomic E-state index is -1.63. The SMILES string of the molecule is CC/C=C/C=C/C=C/C=C\CCCCCCCC(=O)OC1C(OCC(NC(=O)C(O)CCCCCCCCC/C=C\C/C=C\C/C=C\CCCCC)C(O)/C=C/CCCCCCCCCCCCC)OC(CO)C(O)C1O. The molecule has 0 radical (unpaired) electrons. The van der Waals surface area contributed by atoms with E-state index in [-0.39, 0.29) is 19.4 Å². The van der Waals surface area contributed by atoms with Gasteiger partial charge in [-0.15, -0.1) is 0 Å². The molecule has 1 aliphatic rings. The zero-order valence-corrected chi connectivity index (χ0v) is 48.8. The van der Waals surface area contributed by atoms with Crippen LogP contribution in [0.2, 0.25) is 0 Å². The summed E-state index contributed by atoms with van der Waals surface area (Å²) in [4.78, 5) is 26.5. The second-order valence-corrected chi connectivity index (χ2v) is 21.1. The van der Waals surface area contributed by atoms with Gasteiger partial charge in [0.15, 0.2) is 12.4 Å². The summed E-state index contributed by atoms with van der Waals surface area (Å²) in [6.45, 7) is 5.60. The number of nitrogens with one attached hydrogen (secondary N) is 1. The van der Waals surface area contributed by atoms with E-state index in [1.807, 2.05) is 42.5 Å². The van der Waals surface area contributed by atoms with Gasteiger partial charge in [0.25, 0.3) is 0 Å². The van der Waals surface area contributed by atoms with E-state index in [0.717, 1.165) is 103 Å². The van der Waals surface area contributed by atoms with E-state index in [4.69, 9.17) is 14.2 Å². The highest BCUT2D eigenvalue weighted by Crippen LogP contribution is 2.26. The molecule has 77 heavy (non-hydrogen) atoms. The fraction of sp³-hybridized carbons (Fsp3) is 0.727. The molecular formula is C66H113NO10. The molecule has 0 spiro atoms. The Morgan fingerprint density at radius 3 is 1.55 bits per heavy atom. The average Bonchev–Trinajstić information content (AvgIpc) is 3.43. The van der Waals surface area contributed by atoms with E-state index in [1.54, 1.807) is 6.08 Å². The number of carbonyl (C=O) groups excluding carboxylic acids is 2. The van der Waals surface area contributed by atoms with Gasteiger partial charge in [-0.3, -0.25) is 9.59 Å². The lowest BCUT2D eigenvalue weighted by Crippen LogP contribution is -2.61. The molecule has 0 aromatic carbocycles. The van der Waals surface area contributed by atoms with Crippen LogP contribution in [0.15, 0.2) is 97.2 Å². The van der Waals surface area contributed by atoms with Crippen LogP contribution in [0.3, 0.4) is 0 Å². The van der Waals surface area contributed by atoms with Crippen molar-refractivity contribution in [3.63, 3.8) is 0 Å². The van der Waals surface area contributed by atoms with Gasteiger partial charge in [-0.1, -0.05) is 253 Å². The molecule has 0 aliphatic carbocycles. The van der Waals surface area contributed by atoms with Crippen molar-refractivity contribution < 1.29 is 49.3 Å². The molecule has 6 N–H and O–H groups in total. The highest BCUT2D eigenvalue weighted by molar-refractivity contribution is 5.80. The number of aliphatic hydroxyl groups is 5. The van der Waals surface area contributed by atoms with E-state index in [2.05, 4.69) is 74.7 Å². The summed E-state index contributed by atoms with van der Waals surface area (Å²) in [5, 5.41) is 57.0. The van der Waals surface area contributed by atoms with Crippen molar-refractivity contribution in [1.29, 1.82) is 0 Å². The number of hydrogen-bond acceptors (Lipinski definition) is 10. The zero-order chi connectivity index (χ0) is 56.1. The lowest BCUT2D eigenvalue weighted by molar-refractivity contribution is -0.305. The molecule has 0 aromatic heterocycles. The molecule has 1 rings (SSSR count). The number of esters is 1. The number of ether oxygens (including phenoxy) is 3. The van der Waals surface area contributed by atoms with Gasteiger partial charge in [0.05, 0.1) is 25.4 Å². The molecule has 1 heterocycles. The Morgan fingerprint density at radius 1 is 0.532 bits per heavy atom. The normalized spacial score (nSPS) is 19.7. The van der Waals surface area contributed by atoms with Crippen molar-refractivity contribution in [2.24, 2.45) is 0 Å². The number of carbonyl (C=O) groups is 2. The Kier molecular flexibility index (Phi) is 49.5. The van der Waals surface area contributed by atoms with Gasteiger partial charge in [0.2, 0.25) is 5.91 Å². The first kappa shape index (κ1) is 71.6. The van der Waals surface area contributed by atoms with Gasteiger partial charge < -0.3 is 45.1 Å². The van der Waals surface area contributed by atoms with Gasteiger partial charge in [-0.2, -0.15) is 0 Å². The van der Waals surface area contributed by atoms with Gasteiger partial charge in [-0.05, 0) is 83.5 Å². The summed E-state index contributed by atoms with van der Waals surface area (Å²) < 4.78 is 17.6. The molecule has 1 aliphatic heterocycles. The van der Waals surface area contributed by atoms with Crippen LogP contribution < -0.4 is 5.32 Å². The predicted molar refractivity (Wildman–Crippen MR) is 319 cm³/mol. The first-order valence-electron chi connectivity index (χ1n) is 31.1. The summed E-state index contributed by atoms with van der Waals surface area (Å²) in [7, 11) is 0. The van der Waals surface area contributed by atoms with E-state index in [1.165, 1.54) is 96.3 Å². The third kappa shape index (κ3) is 41.3. The van der Waals surface area contributed by atoms with Crippen LogP contribution in [0.5, 0.6) is 0 Å². The van der Waals surface area contributed by atoms with Crippen LogP contribution in [0.1, 0.15) is 245 Å². The first-order chi connectivity index (χ1) is 37.7. The Labute approximate surface area is 469 Å². The third-order valence-electron chi connectivity index (χ3n) is 14.1. The molecule has 1 amide bonds. The molecule has 442 valence electrons. The van der Waals surface area contributed by atoms with Gasteiger partial charge >= 0.3 is 5.97 Å². The fourth-order valence-corrected chi connectivity index (χ4v) is 9.14. The lowest BCUT2D eigenvalue weighted by Gasteiger charge is -2.41. The maximum atomic E-state index is 13.4. The molecule has 0 aromatic rings. The van der Waals surface area contributed by atoms with E-state index < -0.39 is 67.4 Å². The summed E-state index contributed by atoms with van der Waals surface area (Å²) in [6, 6.07) is -1.04. The molecule has 0 saturated carbocycles. The topological polar surface area (TPSA) is 175 Å². The maximum Gasteiger partial charge on any atom is 0.306 e. The fourth-order valence-electron chi connectivity index (χ4n) is 9.14. The highest BCUT2D eigenvalue weighted by Gasteiger charge is 2.47. The summed E-state index contributed by atoms with van der Waals surface area (Å²) >= 11 is 0. The Hall–Kier alpha value is -3.42. The van der Waals surface area contributed by atoms with Gasteiger partial charge in [0.1, 0.15) is 24.4 Å². The van der Waals surface area contributed by atoms with Gasteiger partial charge in [-0.25, -0.2) is 0 Å². The standard InChI is InChI=1S/C66H113NO10/c1-4-7-10-13-16-19-22-25-27-28-29-30-31-33-35-38-41-44-47-50-53-59(70)65(74)67-57(58(69)52-49-46-43-40-37-34-24-21-18-15-12-9-6-3)56-75-66-64(63(73)62(72)60(55-68)76-66)77-61(71)54-51-48-45-42-39-36-32-26-23-20-17-14-11-8-5-2/h8,11,14,16-17,19-20,23,25-27,29-30,32,49,52,57-60,62-64,66,68-70,72-73H,4-7,9-10,12-13,15,18,21-22,24,28,31,33-48,50-51,53-56H2,1-3H3,(H,67,74)/b11-8+,17-14+,19-16-,23-20+,27-25-,30-29-,32-26-,52-49+. The molecule has 11 nitrogen and oxygen atoms in total. The lowest BCUT2D eigenvalue weighted by atomic mass is 9.99. The summed E-state index contributed by atoms with van der Waals surface area (Å²) in [5.41, 5.74) is 0. The van der Waals surface area contributed by atoms with E-state index >= 15 is 0 Å². The van der Waals surface area contributed by atoms with Crippen LogP contribution in [0.4, 0.5) is 0 Å². The zero-order valence-electron chi connectivity index (χ0n) is 48.8. The number of aliphatic hydroxyl groups excluding tert-OH is 5. The molecule has 8 atom stereocenters. The number of amides is 1. The van der Waals surface area contributed by atoms with Crippen molar-refractivity contribution in [2.75, 3.05) is 13.2 Å². The average molecular weight is 1080 g/mol. The minimum absolute atomic E-state index is 0.0919.